The van der Waals surface area contributed by atoms with Crippen LogP contribution in [0.5, 0.6) is 23.0 Å². The second kappa shape index (κ2) is 19.7. The monoisotopic (exact) mass is 900 g/mol. The molecule has 16 nitrogen and oxygen atoms in total. The number of amides is 2. The molecule has 6 aromatic rings. The van der Waals surface area contributed by atoms with E-state index in [1.807, 2.05) is 0 Å². The van der Waals surface area contributed by atoms with E-state index in [2.05, 4.69) is 20.6 Å². The number of benzene rings is 4. The number of nitrogens with one attached hydrogen (secondary N) is 2. The molecule has 0 saturated carbocycles. The molecule has 2 aromatic heterocycles. The Labute approximate surface area is 364 Å². The molecule has 4 aromatic carbocycles. The number of hydrogen-bond donors (Lipinski definition) is 2. The van der Waals surface area contributed by atoms with Gasteiger partial charge < -0.3 is 29.6 Å². The van der Waals surface area contributed by atoms with Crippen LogP contribution in [0.1, 0.15) is 11.1 Å². The number of methoxy groups -OCH3 is 4. The molecule has 0 aliphatic heterocycles. The summed E-state index contributed by atoms with van der Waals surface area (Å²) < 4.78 is 80.7. The molecule has 0 atom stereocenters. The van der Waals surface area contributed by atoms with Crippen molar-refractivity contribution in [1.82, 2.24) is 9.97 Å². The lowest BCUT2D eigenvalue weighted by Crippen LogP contribution is -2.38. The maximum absolute atomic E-state index is 14.2. The predicted molar refractivity (Wildman–Crippen MR) is 235 cm³/mol. The van der Waals surface area contributed by atoms with Gasteiger partial charge in [-0.1, -0.05) is 48.0 Å². The Morgan fingerprint density at radius 2 is 1.21 bits per heavy atom. The SMILES string of the molecule is COc1ccc(OC)c(N(CC(=O)Nc2cncc(Cc3cc(OC)c(N(CC(=O)Nc4cccnc4Cl)S(=O)(=O)c4ccccc4)cc3OC)c2)S(=O)(=O)c2ccccc2)c1. The Balaban J connectivity index is 1.29. The standard InChI is InChI=1S/C43H41ClN6O10S2/c1-57-32-17-18-38(58-2)36(23-32)49(61(53,54)33-12-7-5-8-13-33)27-41(51)47-31-21-29(25-45-26-31)20-30-22-40(60-4)37(24-39(30)59-3)50(62(55,56)34-14-9-6-10-15-34)28-42(52)48-35-16-11-19-46-43(35)44/h5-19,21-26H,20,27-28H2,1-4H3,(H,47,51)(H,48,52). The lowest BCUT2D eigenvalue weighted by molar-refractivity contribution is -0.115. The number of halogens is 1. The van der Waals surface area contributed by atoms with Gasteiger partial charge in [0.15, 0.2) is 5.15 Å². The Kier molecular flexibility index (Phi) is 14.2. The Bertz CT molecular complexity index is 2780. The molecule has 2 N–H and O–H groups in total. The molecule has 0 saturated heterocycles. The number of carbonyl (C=O) groups is 2. The number of rotatable bonds is 18. The Morgan fingerprint density at radius 3 is 1.77 bits per heavy atom. The molecule has 2 amide bonds. The normalized spacial score (nSPS) is 11.2. The van der Waals surface area contributed by atoms with Crippen molar-refractivity contribution in [2.75, 3.05) is 60.8 Å². The van der Waals surface area contributed by atoms with E-state index < -0.39 is 45.0 Å². The molecular formula is C43H41ClN6O10S2. The summed E-state index contributed by atoms with van der Waals surface area (Å²) in [5.41, 5.74) is 1.65. The first-order valence-corrected chi connectivity index (χ1v) is 21.8. The second-order valence-electron chi connectivity index (χ2n) is 13.2. The largest absolute Gasteiger partial charge is 0.497 e. The number of carbonyl (C=O) groups excluding carboxylic acids is 2. The highest BCUT2D eigenvalue weighted by atomic mass is 35.5. The van der Waals surface area contributed by atoms with Crippen LogP contribution in [0.4, 0.5) is 22.7 Å². The van der Waals surface area contributed by atoms with Crippen LogP contribution in [-0.2, 0) is 36.1 Å². The van der Waals surface area contributed by atoms with E-state index in [9.17, 15) is 26.4 Å². The topological polar surface area (TPSA) is 196 Å². The van der Waals surface area contributed by atoms with Gasteiger partial charge in [-0.2, -0.15) is 0 Å². The zero-order chi connectivity index (χ0) is 44.4. The average Bonchev–Trinajstić information content (AvgIpc) is 3.28. The number of pyridine rings is 2. The predicted octanol–water partition coefficient (Wildman–Crippen LogP) is 6.42. The van der Waals surface area contributed by atoms with Crippen LogP contribution in [0.3, 0.4) is 0 Å². The summed E-state index contributed by atoms with van der Waals surface area (Å²) in [4.78, 5) is 35.3. The smallest absolute Gasteiger partial charge is 0.264 e. The zero-order valence-corrected chi connectivity index (χ0v) is 36.2. The van der Waals surface area contributed by atoms with Crippen molar-refractivity contribution in [3.8, 4) is 23.0 Å². The van der Waals surface area contributed by atoms with Crippen molar-refractivity contribution in [1.29, 1.82) is 0 Å². The summed E-state index contributed by atoms with van der Waals surface area (Å²) in [6.07, 6.45) is 4.56. The van der Waals surface area contributed by atoms with Gasteiger partial charge >= 0.3 is 0 Å². The van der Waals surface area contributed by atoms with E-state index in [4.69, 9.17) is 30.5 Å². The van der Waals surface area contributed by atoms with Gasteiger partial charge in [0, 0.05) is 36.5 Å². The third-order valence-corrected chi connectivity index (χ3v) is 13.1. The van der Waals surface area contributed by atoms with Crippen LogP contribution in [0, 0.1) is 0 Å². The number of nitrogens with zero attached hydrogens (tertiary/aromatic N) is 4. The fourth-order valence-electron chi connectivity index (χ4n) is 6.31. The summed E-state index contributed by atoms with van der Waals surface area (Å²) >= 11 is 6.16. The van der Waals surface area contributed by atoms with Gasteiger partial charge in [0.1, 0.15) is 36.1 Å². The molecule has 2 heterocycles. The molecule has 6 rings (SSSR count). The molecule has 322 valence electrons. The van der Waals surface area contributed by atoms with Gasteiger partial charge in [0.25, 0.3) is 20.0 Å². The van der Waals surface area contributed by atoms with Gasteiger partial charge in [-0.05, 0) is 66.2 Å². The Morgan fingerprint density at radius 1 is 0.629 bits per heavy atom. The van der Waals surface area contributed by atoms with Crippen LogP contribution >= 0.6 is 11.6 Å². The highest BCUT2D eigenvalue weighted by Gasteiger charge is 2.32. The molecule has 0 radical (unpaired) electrons. The minimum atomic E-state index is -4.37. The minimum absolute atomic E-state index is 0.00574. The van der Waals surface area contributed by atoms with Crippen molar-refractivity contribution in [2.45, 2.75) is 16.2 Å². The first-order valence-electron chi connectivity index (χ1n) is 18.6. The molecule has 0 bridgehead atoms. The van der Waals surface area contributed by atoms with Crippen LogP contribution in [0.15, 0.2) is 138 Å². The fourth-order valence-corrected chi connectivity index (χ4v) is 9.37. The van der Waals surface area contributed by atoms with Crippen LogP contribution in [0.2, 0.25) is 5.15 Å². The van der Waals surface area contributed by atoms with Crippen LogP contribution < -0.4 is 38.2 Å². The summed E-state index contributed by atoms with van der Waals surface area (Å²) in [6, 6.07) is 27.7. The fraction of sp³-hybridized carbons (Fsp3) is 0.163. The van der Waals surface area contributed by atoms with E-state index >= 15 is 0 Å². The van der Waals surface area contributed by atoms with Crippen molar-refractivity contribution >= 4 is 66.2 Å². The average molecular weight is 901 g/mol. The van der Waals surface area contributed by atoms with Gasteiger partial charge in [-0.15, -0.1) is 0 Å². The van der Waals surface area contributed by atoms with E-state index in [-0.39, 0.29) is 61.4 Å². The Hall–Kier alpha value is -6.89. The molecular weight excluding hydrogens is 860 g/mol. The summed E-state index contributed by atoms with van der Waals surface area (Å²) in [7, 11) is -3.08. The molecule has 0 aliphatic carbocycles. The number of sulfonamides is 2. The number of aromatic nitrogens is 2. The van der Waals surface area contributed by atoms with Crippen molar-refractivity contribution in [3.05, 3.63) is 144 Å². The van der Waals surface area contributed by atoms with Crippen molar-refractivity contribution < 1.29 is 45.4 Å². The first kappa shape index (κ1) is 44.7. The van der Waals surface area contributed by atoms with E-state index in [1.165, 1.54) is 83.3 Å². The number of hydrogen-bond acceptors (Lipinski definition) is 12. The summed E-state index contributed by atoms with van der Waals surface area (Å²) in [6.45, 7) is -1.32. The maximum Gasteiger partial charge on any atom is 0.264 e. The third-order valence-electron chi connectivity index (χ3n) is 9.25. The molecule has 0 unspecified atom stereocenters. The maximum atomic E-state index is 14.2. The molecule has 0 fully saturated rings. The van der Waals surface area contributed by atoms with E-state index in [0.717, 1.165) is 8.61 Å². The van der Waals surface area contributed by atoms with Gasteiger partial charge in [-0.3, -0.25) is 23.2 Å². The molecule has 0 aliphatic rings. The molecule has 62 heavy (non-hydrogen) atoms. The quantitative estimate of drug-likeness (QED) is 0.0900. The lowest BCUT2D eigenvalue weighted by atomic mass is 10.0. The minimum Gasteiger partial charge on any atom is -0.497 e. The third kappa shape index (κ3) is 10.2. The number of ether oxygens (including phenoxy) is 4. The molecule has 19 heteroatoms. The lowest BCUT2D eigenvalue weighted by Gasteiger charge is -2.27. The van der Waals surface area contributed by atoms with Crippen LogP contribution in [-0.4, -0.2) is 80.1 Å². The van der Waals surface area contributed by atoms with Gasteiger partial charge in [0.05, 0.1) is 67.2 Å². The van der Waals surface area contributed by atoms with E-state index in [0.29, 0.717) is 16.9 Å². The highest BCUT2D eigenvalue weighted by molar-refractivity contribution is 7.93. The summed E-state index contributed by atoms with van der Waals surface area (Å²) in [5.74, 6) is -0.528. The summed E-state index contributed by atoms with van der Waals surface area (Å²) in [5, 5.41) is 5.38. The van der Waals surface area contributed by atoms with Gasteiger partial charge in [0.2, 0.25) is 11.8 Å². The first-order chi connectivity index (χ1) is 29.8. The van der Waals surface area contributed by atoms with E-state index in [1.54, 1.807) is 72.9 Å². The zero-order valence-electron chi connectivity index (χ0n) is 33.8. The van der Waals surface area contributed by atoms with Crippen molar-refractivity contribution in [2.24, 2.45) is 0 Å². The highest BCUT2D eigenvalue weighted by Crippen LogP contribution is 2.40. The second-order valence-corrected chi connectivity index (χ2v) is 17.3. The molecule has 0 spiro atoms. The van der Waals surface area contributed by atoms with Crippen molar-refractivity contribution in [3.63, 3.8) is 0 Å². The van der Waals surface area contributed by atoms with Crippen LogP contribution in [0.25, 0.3) is 0 Å². The van der Waals surface area contributed by atoms with Gasteiger partial charge in [-0.25, -0.2) is 21.8 Å². The number of anilines is 4.